The number of rotatable bonds is 3. The molecule has 8 aliphatic rings. The van der Waals surface area contributed by atoms with Gasteiger partial charge in [0.25, 0.3) is 0 Å². The second-order valence-corrected chi connectivity index (χ2v) is 10.9. The SMILES string of the molecule is C=COC12CC3CC(C1)CC(C14CC5CC(CC(C5)C1)C4)(C3)C2. The van der Waals surface area contributed by atoms with Gasteiger partial charge in [-0.05, 0) is 117 Å². The molecule has 2 unspecified atom stereocenters. The summed E-state index contributed by atoms with van der Waals surface area (Å²) in [6.45, 7) is 3.93. The lowest BCUT2D eigenvalue weighted by Crippen LogP contribution is -2.64. The summed E-state index contributed by atoms with van der Waals surface area (Å²) in [7, 11) is 0. The van der Waals surface area contributed by atoms with Gasteiger partial charge in [-0.15, -0.1) is 0 Å². The normalized spacial score (nSPS) is 61.8. The second-order valence-electron chi connectivity index (χ2n) is 10.9. The molecule has 1 heteroatoms. The van der Waals surface area contributed by atoms with Crippen molar-refractivity contribution in [2.24, 2.45) is 40.4 Å². The lowest BCUT2D eigenvalue weighted by Gasteiger charge is -2.71. The third kappa shape index (κ3) is 1.70. The first-order valence-electron chi connectivity index (χ1n) is 10.4. The molecule has 0 amide bonds. The predicted octanol–water partition coefficient (Wildman–Crippen LogP) is 5.70. The molecule has 0 aliphatic heterocycles. The van der Waals surface area contributed by atoms with Crippen LogP contribution in [0.2, 0.25) is 0 Å². The van der Waals surface area contributed by atoms with Crippen molar-refractivity contribution in [3.63, 3.8) is 0 Å². The van der Waals surface area contributed by atoms with Crippen LogP contribution in [0.5, 0.6) is 0 Å². The highest BCUT2D eigenvalue weighted by molar-refractivity contribution is 5.18. The van der Waals surface area contributed by atoms with Crippen LogP contribution < -0.4 is 0 Å². The minimum atomic E-state index is 0.190. The fourth-order valence-electron chi connectivity index (χ4n) is 9.87. The standard InChI is InChI=1S/C22H32O/c1-2-23-22-12-18-6-19(13-22)11-21(10-18,14-22)20-7-15-3-16(8-20)5-17(4-15)9-20/h2,15-19H,1,3-14H2. The van der Waals surface area contributed by atoms with Crippen LogP contribution in [0.4, 0.5) is 0 Å². The lowest BCUT2D eigenvalue weighted by atomic mass is 9.34. The largest absolute Gasteiger partial charge is 0.495 e. The van der Waals surface area contributed by atoms with Crippen molar-refractivity contribution in [2.75, 3.05) is 0 Å². The van der Waals surface area contributed by atoms with Crippen molar-refractivity contribution in [3.8, 4) is 0 Å². The molecule has 0 heterocycles. The summed E-state index contributed by atoms with van der Waals surface area (Å²) in [6, 6.07) is 0. The van der Waals surface area contributed by atoms with Gasteiger partial charge in [0.2, 0.25) is 0 Å². The molecule has 0 N–H and O–H groups in total. The van der Waals surface area contributed by atoms with Crippen LogP contribution in [0.1, 0.15) is 77.0 Å². The fourth-order valence-corrected chi connectivity index (χ4v) is 9.87. The summed E-state index contributed by atoms with van der Waals surface area (Å²) in [6.07, 6.45) is 19.9. The topological polar surface area (TPSA) is 9.23 Å². The predicted molar refractivity (Wildman–Crippen MR) is 91.7 cm³/mol. The van der Waals surface area contributed by atoms with Crippen LogP contribution in [-0.2, 0) is 4.74 Å². The highest BCUT2D eigenvalue weighted by atomic mass is 16.5. The average molecular weight is 312 g/mol. The van der Waals surface area contributed by atoms with Gasteiger partial charge in [0.05, 0.1) is 6.26 Å². The number of hydrogen-bond acceptors (Lipinski definition) is 1. The summed E-state index contributed by atoms with van der Waals surface area (Å²) in [5, 5.41) is 0. The highest BCUT2D eigenvalue weighted by Crippen LogP contribution is 2.75. The van der Waals surface area contributed by atoms with E-state index in [4.69, 9.17) is 4.74 Å². The Balaban J connectivity index is 1.42. The molecule has 0 aromatic rings. The first kappa shape index (κ1) is 13.8. The molecule has 126 valence electrons. The number of hydrogen-bond donors (Lipinski definition) is 0. The van der Waals surface area contributed by atoms with E-state index in [0.29, 0.717) is 5.41 Å². The zero-order chi connectivity index (χ0) is 15.3. The van der Waals surface area contributed by atoms with Crippen molar-refractivity contribution in [1.29, 1.82) is 0 Å². The Morgan fingerprint density at radius 1 is 0.652 bits per heavy atom. The van der Waals surface area contributed by atoms with Crippen LogP contribution >= 0.6 is 0 Å². The lowest BCUT2D eigenvalue weighted by molar-refractivity contribution is -0.242. The van der Waals surface area contributed by atoms with Crippen LogP contribution in [0.15, 0.2) is 12.8 Å². The van der Waals surface area contributed by atoms with Gasteiger partial charge in [-0.2, -0.15) is 0 Å². The Morgan fingerprint density at radius 3 is 1.65 bits per heavy atom. The summed E-state index contributed by atoms with van der Waals surface area (Å²) in [5.41, 5.74) is 1.56. The summed E-state index contributed by atoms with van der Waals surface area (Å²) in [5.74, 6) is 5.19. The van der Waals surface area contributed by atoms with Crippen molar-refractivity contribution in [1.82, 2.24) is 0 Å². The quantitative estimate of drug-likeness (QED) is 0.607. The molecule has 8 fully saturated rings. The summed E-state index contributed by atoms with van der Waals surface area (Å²) >= 11 is 0. The average Bonchev–Trinajstić information content (AvgIpc) is 2.44. The Morgan fingerprint density at radius 2 is 1.13 bits per heavy atom. The van der Waals surface area contributed by atoms with Crippen molar-refractivity contribution in [3.05, 3.63) is 12.8 Å². The molecule has 0 spiro atoms. The van der Waals surface area contributed by atoms with E-state index in [2.05, 4.69) is 6.58 Å². The Bertz CT molecular complexity index is 497. The van der Waals surface area contributed by atoms with E-state index < -0.39 is 0 Å². The molecule has 0 radical (unpaired) electrons. The smallest absolute Gasteiger partial charge is 0.109 e. The minimum absolute atomic E-state index is 0.190. The zero-order valence-electron chi connectivity index (χ0n) is 14.6. The first-order chi connectivity index (χ1) is 11.1. The van der Waals surface area contributed by atoms with E-state index in [1.807, 2.05) is 0 Å². The van der Waals surface area contributed by atoms with Crippen molar-refractivity contribution < 1.29 is 4.74 Å². The molecule has 0 aromatic heterocycles. The third-order valence-corrected chi connectivity index (χ3v) is 9.50. The van der Waals surface area contributed by atoms with E-state index in [9.17, 15) is 0 Å². The van der Waals surface area contributed by atoms with Crippen molar-refractivity contribution >= 4 is 0 Å². The molecule has 8 bridgehead atoms. The van der Waals surface area contributed by atoms with Gasteiger partial charge in [-0.1, -0.05) is 6.58 Å². The molecule has 0 saturated heterocycles. The highest BCUT2D eigenvalue weighted by Gasteiger charge is 2.68. The molecule has 2 atom stereocenters. The summed E-state index contributed by atoms with van der Waals surface area (Å²) in [4.78, 5) is 0. The van der Waals surface area contributed by atoms with E-state index in [1.165, 1.54) is 25.7 Å². The zero-order valence-corrected chi connectivity index (χ0v) is 14.6. The van der Waals surface area contributed by atoms with Gasteiger partial charge in [0.1, 0.15) is 5.60 Å². The molecular weight excluding hydrogens is 280 g/mol. The van der Waals surface area contributed by atoms with E-state index in [1.54, 1.807) is 57.6 Å². The number of ether oxygens (including phenoxy) is 1. The first-order valence-corrected chi connectivity index (χ1v) is 10.4. The van der Waals surface area contributed by atoms with Crippen molar-refractivity contribution in [2.45, 2.75) is 82.7 Å². The maximum absolute atomic E-state index is 6.29. The van der Waals surface area contributed by atoms with Gasteiger partial charge in [-0.3, -0.25) is 0 Å². The van der Waals surface area contributed by atoms with Crippen LogP contribution in [0.25, 0.3) is 0 Å². The Kier molecular flexibility index (Phi) is 2.52. The molecule has 0 aromatic carbocycles. The van der Waals surface area contributed by atoms with Gasteiger partial charge in [0.15, 0.2) is 0 Å². The fraction of sp³-hybridized carbons (Fsp3) is 0.909. The van der Waals surface area contributed by atoms with E-state index in [0.717, 1.165) is 35.0 Å². The molecule has 8 aliphatic carbocycles. The molecule has 8 saturated carbocycles. The molecule has 8 rings (SSSR count). The Labute approximate surface area is 141 Å². The third-order valence-electron chi connectivity index (χ3n) is 9.50. The van der Waals surface area contributed by atoms with Gasteiger partial charge < -0.3 is 4.74 Å². The Hall–Kier alpha value is -0.460. The molecule has 1 nitrogen and oxygen atoms in total. The van der Waals surface area contributed by atoms with E-state index in [-0.39, 0.29) is 5.60 Å². The molecular formula is C22H32O. The maximum Gasteiger partial charge on any atom is 0.109 e. The van der Waals surface area contributed by atoms with Gasteiger partial charge in [0, 0.05) is 0 Å². The minimum Gasteiger partial charge on any atom is -0.495 e. The van der Waals surface area contributed by atoms with Crippen LogP contribution in [0, 0.1) is 40.4 Å². The van der Waals surface area contributed by atoms with Crippen LogP contribution in [-0.4, -0.2) is 5.60 Å². The molecule has 23 heavy (non-hydrogen) atoms. The second kappa shape index (κ2) is 4.20. The van der Waals surface area contributed by atoms with Crippen LogP contribution in [0.3, 0.4) is 0 Å². The van der Waals surface area contributed by atoms with E-state index >= 15 is 0 Å². The maximum atomic E-state index is 6.29. The summed E-state index contributed by atoms with van der Waals surface area (Å²) < 4.78 is 6.29. The van der Waals surface area contributed by atoms with Gasteiger partial charge in [-0.25, -0.2) is 0 Å². The van der Waals surface area contributed by atoms with Gasteiger partial charge >= 0.3 is 0 Å². The monoisotopic (exact) mass is 312 g/mol.